The van der Waals surface area contributed by atoms with Crippen molar-refractivity contribution in [1.82, 2.24) is 0 Å². The van der Waals surface area contributed by atoms with Crippen LogP contribution in [0.3, 0.4) is 0 Å². The molecule has 15 heavy (non-hydrogen) atoms. The van der Waals surface area contributed by atoms with Gasteiger partial charge in [0.2, 0.25) is 0 Å². The molecule has 0 unspecified atom stereocenters. The van der Waals surface area contributed by atoms with E-state index in [-0.39, 0.29) is 0 Å². The highest BCUT2D eigenvalue weighted by Gasteiger charge is 2.29. The monoisotopic (exact) mass is 224 g/mol. The Bertz CT molecular complexity index is 347. The lowest BCUT2D eigenvalue weighted by atomic mass is 10.2. The molecule has 3 heteroatoms. The Morgan fingerprint density at radius 2 is 2.20 bits per heavy atom. The molecule has 2 nitrogen and oxygen atoms in total. The number of rotatable bonds is 4. The summed E-state index contributed by atoms with van der Waals surface area (Å²) >= 11 is 6.00. The lowest BCUT2D eigenvalue weighted by Gasteiger charge is -2.25. The van der Waals surface area contributed by atoms with Crippen LogP contribution in [0.15, 0.2) is 18.2 Å². The van der Waals surface area contributed by atoms with Crippen molar-refractivity contribution in [2.24, 2.45) is 0 Å². The van der Waals surface area contributed by atoms with E-state index in [2.05, 4.69) is 11.8 Å². The van der Waals surface area contributed by atoms with E-state index in [1.54, 1.807) is 0 Å². The quantitative estimate of drug-likeness (QED) is 0.796. The topological polar surface area (TPSA) is 29.3 Å². The van der Waals surface area contributed by atoms with Gasteiger partial charge in [-0.25, -0.2) is 0 Å². The van der Waals surface area contributed by atoms with Crippen LogP contribution >= 0.6 is 11.6 Å². The number of benzene rings is 1. The molecule has 0 aliphatic heterocycles. The summed E-state index contributed by atoms with van der Waals surface area (Å²) in [7, 11) is 0. The summed E-state index contributed by atoms with van der Waals surface area (Å²) in [5, 5.41) is 0.765. The number of nitrogens with zero attached hydrogens (tertiary/aromatic N) is 1. The summed E-state index contributed by atoms with van der Waals surface area (Å²) in [4.78, 5) is 2.39. The zero-order valence-electron chi connectivity index (χ0n) is 9.04. The van der Waals surface area contributed by atoms with E-state index in [9.17, 15) is 0 Å². The number of nitrogen functional groups attached to an aromatic ring is 1. The molecule has 1 aliphatic carbocycles. The number of anilines is 2. The summed E-state index contributed by atoms with van der Waals surface area (Å²) in [6.07, 6.45) is 3.71. The highest BCUT2D eigenvalue weighted by Crippen LogP contribution is 2.36. The lowest BCUT2D eigenvalue weighted by Crippen LogP contribution is -2.27. The van der Waals surface area contributed by atoms with Crippen LogP contribution in [0, 0.1) is 0 Å². The second-order valence-electron chi connectivity index (χ2n) is 4.13. The second-order valence-corrected chi connectivity index (χ2v) is 4.56. The van der Waals surface area contributed by atoms with Gasteiger partial charge < -0.3 is 10.6 Å². The van der Waals surface area contributed by atoms with E-state index >= 15 is 0 Å². The van der Waals surface area contributed by atoms with Gasteiger partial charge in [-0.2, -0.15) is 0 Å². The number of nitrogens with two attached hydrogens (primary N) is 1. The molecular weight excluding hydrogens is 208 g/mol. The predicted molar refractivity (Wildman–Crippen MR) is 66.5 cm³/mol. The first-order valence-electron chi connectivity index (χ1n) is 5.54. The maximum Gasteiger partial charge on any atom is 0.0617 e. The van der Waals surface area contributed by atoms with Gasteiger partial charge in [-0.05, 0) is 37.5 Å². The summed E-state index contributed by atoms with van der Waals surface area (Å²) in [5.41, 5.74) is 7.92. The molecule has 0 radical (unpaired) electrons. The molecule has 82 valence electrons. The van der Waals surface area contributed by atoms with Gasteiger partial charge >= 0.3 is 0 Å². The molecule has 1 aliphatic rings. The van der Waals surface area contributed by atoms with E-state index in [0.717, 1.165) is 29.4 Å². The van der Waals surface area contributed by atoms with Crippen LogP contribution in [0.4, 0.5) is 11.4 Å². The Morgan fingerprint density at radius 1 is 1.47 bits per heavy atom. The molecule has 2 rings (SSSR count). The molecule has 1 aromatic rings. The molecule has 0 spiro atoms. The Balaban J connectivity index is 2.27. The maximum absolute atomic E-state index is 6.00. The normalized spacial score (nSPS) is 15.3. The third-order valence-corrected chi connectivity index (χ3v) is 2.99. The van der Waals surface area contributed by atoms with Crippen molar-refractivity contribution >= 4 is 23.0 Å². The van der Waals surface area contributed by atoms with Crippen LogP contribution < -0.4 is 10.6 Å². The molecule has 0 saturated heterocycles. The number of hydrogen-bond acceptors (Lipinski definition) is 2. The number of hydrogen-bond donors (Lipinski definition) is 1. The third-order valence-electron chi connectivity index (χ3n) is 2.75. The van der Waals surface area contributed by atoms with Crippen molar-refractivity contribution in [3.8, 4) is 0 Å². The zero-order chi connectivity index (χ0) is 10.8. The fourth-order valence-corrected chi connectivity index (χ4v) is 2.06. The van der Waals surface area contributed by atoms with Gasteiger partial charge in [-0.15, -0.1) is 0 Å². The van der Waals surface area contributed by atoms with Crippen molar-refractivity contribution in [1.29, 1.82) is 0 Å². The van der Waals surface area contributed by atoms with E-state index in [1.807, 2.05) is 18.2 Å². The van der Waals surface area contributed by atoms with Crippen molar-refractivity contribution in [2.45, 2.75) is 32.2 Å². The van der Waals surface area contributed by atoms with Gasteiger partial charge in [0.25, 0.3) is 0 Å². The first kappa shape index (κ1) is 10.6. The van der Waals surface area contributed by atoms with Gasteiger partial charge in [-0.3, -0.25) is 0 Å². The molecule has 1 aromatic carbocycles. The second kappa shape index (κ2) is 4.31. The fraction of sp³-hybridized carbons (Fsp3) is 0.500. The van der Waals surface area contributed by atoms with Gasteiger partial charge in [0, 0.05) is 17.6 Å². The van der Waals surface area contributed by atoms with E-state index in [0.29, 0.717) is 6.04 Å². The van der Waals surface area contributed by atoms with Gasteiger partial charge in [0.15, 0.2) is 0 Å². The fourth-order valence-electron chi connectivity index (χ4n) is 1.89. The predicted octanol–water partition coefficient (Wildman–Crippen LogP) is 3.30. The molecule has 0 amide bonds. The van der Waals surface area contributed by atoms with Crippen LogP contribution in [0.5, 0.6) is 0 Å². The zero-order valence-corrected chi connectivity index (χ0v) is 9.80. The Labute approximate surface area is 96.0 Å². The molecule has 1 fully saturated rings. The molecule has 0 atom stereocenters. The largest absolute Gasteiger partial charge is 0.397 e. The van der Waals surface area contributed by atoms with Crippen LogP contribution in [0.1, 0.15) is 26.2 Å². The first-order chi connectivity index (χ1) is 7.22. The van der Waals surface area contributed by atoms with Gasteiger partial charge in [-0.1, -0.05) is 18.5 Å². The summed E-state index contributed by atoms with van der Waals surface area (Å²) in [5.74, 6) is 0. The van der Waals surface area contributed by atoms with E-state index in [4.69, 9.17) is 17.3 Å². The van der Waals surface area contributed by atoms with E-state index in [1.165, 1.54) is 12.8 Å². The molecule has 2 N–H and O–H groups in total. The highest BCUT2D eigenvalue weighted by atomic mass is 35.5. The van der Waals surface area contributed by atoms with Crippen LogP contribution in [-0.4, -0.2) is 12.6 Å². The van der Waals surface area contributed by atoms with Crippen molar-refractivity contribution in [3.05, 3.63) is 23.2 Å². The molecule has 0 aromatic heterocycles. The number of halogens is 1. The Kier molecular flexibility index (Phi) is 3.06. The highest BCUT2D eigenvalue weighted by molar-refractivity contribution is 6.31. The summed E-state index contributed by atoms with van der Waals surface area (Å²) in [6, 6.07) is 6.40. The van der Waals surface area contributed by atoms with Gasteiger partial charge in [0.1, 0.15) is 0 Å². The van der Waals surface area contributed by atoms with Gasteiger partial charge in [0.05, 0.1) is 11.4 Å². The van der Waals surface area contributed by atoms with Crippen molar-refractivity contribution in [3.63, 3.8) is 0 Å². The lowest BCUT2D eigenvalue weighted by molar-refractivity contribution is 0.764. The molecule has 0 bridgehead atoms. The van der Waals surface area contributed by atoms with Crippen molar-refractivity contribution < 1.29 is 0 Å². The van der Waals surface area contributed by atoms with Crippen LogP contribution in [-0.2, 0) is 0 Å². The molecular formula is C12H17ClN2. The maximum atomic E-state index is 6.00. The minimum Gasteiger partial charge on any atom is -0.397 e. The summed E-state index contributed by atoms with van der Waals surface area (Å²) in [6.45, 7) is 3.26. The average molecular weight is 225 g/mol. The Hall–Kier alpha value is -0.890. The van der Waals surface area contributed by atoms with Crippen LogP contribution in [0.25, 0.3) is 0 Å². The molecule has 1 saturated carbocycles. The Morgan fingerprint density at radius 3 is 2.80 bits per heavy atom. The van der Waals surface area contributed by atoms with Crippen molar-refractivity contribution in [2.75, 3.05) is 17.2 Å². The standard InChI is InChI=1S/C12H17ClN2/c1-2-7-15(10-4-5-10)12-8-9(13)3-6-11(12)14/h3,6,8,10H,2,4-5,7,14H2,1H3. The third kappa shape index (κ3) is 2.37. The summed E-state index contributed by atoms with van der Waals surface area (Å²) < 4.78 is 0. The van der Waals surface area contributed by atoms with Crippen LogP contribution in [0.2, 0.25) is 5.02 Å². The first-order valence-corrected chi connectivity index (χ1v) is 5.92. The molecule has 0 heterocycles. The van der Waals surface area contributed by atoms with E-state index < -0.39 is 0 Å². The minimum absolute atomic E-state index is 0.686. The minimum atomic E-state index is 0.686. The average Bonchev–Trinajstić information content (AvgIpc) is 3.02. The smallest absolute Gasteiger partial charge is 0.0617 e. The SMILES string of the molecule is CCCN(c1cc(Cl)ccc1N)C1CC1.